The number of hydrogen-bond acceptors (Lipinski definition) is 3. The van der Waals surface area contributed by atoms with Gasteiger partial charge >= 0.3 is 0 Å². The third-order valence-corrected chi connectivity index (χ3v) is 17.4. The molecule has 8 heteroatoms. The van der Waals surface area contributed by atoms with Crippen LogP contribution < -0.4 is 9.30 Å². The van der Waals surface area contributed by atoms with Crippen LogP contribution in [0.25, 0.3) is 149 Å². The second-order valence-electron chi connectivity index (χ2n) is 22.3. The Morgan fingerprint density at radius 1 is 0.402 bits per heavy atom. The molecule has 0 spiro atoms. The maximum Gasteiger partial charge on any atom is 0.269 e. The van der Waals surface area contributed by atoms with Crippen molar-refractivity contribution in [1.29, 1.82) is 0 Å². The first-order valence-electron chi connectivity index (χ1n) is 30.7. The molecule has 0 amide bonds. The summed E-state index contributed by atoms with van der Waals surface area (Å²) in [5.41, 5.74) is 16.6. The van der Waals surface area contributed by atoms with Crippen LogP contribution in [-0.4, -0.2) is 23.3 Å². The Kier molecular flexibility index (Phi) is 10.1. The Labute approximate surface area is 503 Å². The normalized spacial score (nSPS) is 12.6. The van der Waals surface area contributed by atoms with Gasteiger partial charge in [-0.15, -0.1) is 0 Å². The van der Waals surface area contributed by atoms with Crippen molar-refractivity contribution >= 4 is 98.4 Å². The zero-order valence-corrected chi connectivity index (χ0v) is 46.6. The summed E-state index contributed by atoms with van der Waals surface area (Å²) in [4.78, 5) is 5.26. The van der Waals surface area contributed by atoms with Gasteiger partial charge in [-0.1, -0.05) is 176 Å². The van der Waals surface area contributed by atoms with Crippen molar-refractivity contribution in [2.24, 2.45) is 0 Å². The van der Waals surface area contributed by atoms with E-state index in [1.807, 2.05) is 60.7 Å². The van der Waals surface area contributed by atoms with Crippen LogP contribution in [0.1, 0.15) is 9.68 Å². The van der Waals surface area contributed by atoms with Gasteiger partial charge in [-0.2, -0.15) is 0 Å². The van der Waals surface area contributed by atoms with Gasteiger partial charge in [0.1, 0.15) is 28.5 Å². The quantitative estimate of drug-likeness (QED) is 0.107. The van der Waals surface area contributed by atoms with Crippen molar-refractivity contribution < 1.29 is 17.8 Å². The Bertz CT molecular complexity index is 5730. The molecule has 12 aromatic carbocycles. The van der Waals surface area contributed by atoms with Crippen LogP contribution in [0, 0.1) is 13.2 Å². The molecule has 6 aromatic heterocycles. The topological polar surface area (TPSA) is 58.9 Å². The van der Waals surface area contributed by atoms with Gasteiger partial charge in [0, 0.05) is 76.4 Å². The van der Waals surface area contributed by atoms with Crippen LogP contribution >= 0.6 is 0 Å². The molecule has 0 aliphatic rings. The smallest absolute Gasteiger partial charge is 0.269 e. The van der Waals surface area contributed by atoms with Crippen molar-refractivity contribution in [3.8, 4) is 62.3 Å². The lowest BCUT2D eigenvalue weighted by Gasteiger charge is -2.17. The standard InChI is InChI=1S/C79H50N6O2/c1-50-42-77(80-48-66(50)52-43-54(83-67-30-11-5-24-59(67)60-25-6-12-31-68(60)83)45-55(44-52)84-69-32-13-7-26-61(69)62-27-8-14-33-70(62)84)85-71-34-15-9-28-63(71)64-39-38-57(47-74(64)85)86-56-23-19-22-53(46-56)81-49-82(73-36-17-16-35-72(73)81)79-58(51-20-3-2-4-21-51)40-41-76-78(79)65-29-10-18-37-75(65)87-76/h2-48H,1H3/i1D3. The average molecular weight is 1120 g/mol. The molecule has 0 saturated heterocycles. The predicted octanol–water partition coefficient (Wildman–Crippen LogP) is 19.7. The summed E-state index contributed by atoms with van der Waals surface area (Å²) in [5.74, 6) is 1.68. The second kappa shape index (κ2) is 19.2. The number of nitrogens with zero attached hydrogens (tertiary/aromatic N) is 6. The van der Waals surface area contributed by atoms with E-state index in [9.17, 15) is 4.11 Å². The van der Waals surface area contributed by atoms with E-state index in [4.69, 9.17) is 14.1 Å². The highest BCUT2D eigenvalue weighted by Gasteiger charge is 2.24. The zero-order chi connectivity index (χ0) is 59.8. The van der Waals surface area contributed by atoms with Crippen molar-refractivity contribution in [1.82, 2.24) is 23.3 Å². The first-order valence-corrected chi connectivity index (χ1v) is 29.2. The number of imidazole rings is 1. The molecule has 0 aliphatic heterocycles. The number of furan rings is 1. The third kappa shape index (κ3) is 7.57. The van der Waals surface area contributed by atoms with E-state index in [1.54, 1.807) is 12.3 Å². The molecule has 87 heavy (non-hydrogen) atoms. The third-order valence-electron chi connectivity index (χ3n) is 17.4. The highest BCUT2D eigenvalue weighted by atomic mass is 16.5. The number of aryl methyl sites for hydroxylation is 1. The monoisotopic (exact) mass is 1120 g/mol. The molecule has 18 aromatic rings. The molecule has 8 nitrogen and oxygen atoms in total. The van der Waals surface area contributed by atoms with Gasteiger partial charge in [0.25, 0.3) is 6.33 Å². The molecule has 0 atom stereocenters. The maximum absolute atomic E-state index is 9.31. The lowest BCUT2D eigenvalue weighted by Crippen LogP contribution is -2.30. The van der Waals surface area contributed by atoms with Crippen LogP contribution in [0.5, 0.6) is 11.5 Å². The Morgan fingerprint density at radius 2 is 0.954 bits per heavy atom. The number of para-hydroxylation sites is 8. The molecular formula is C79H50N6O2. The molecule has 0 N–H and O–H groups in total. The van der Waals surface area contributed by atoms with E-state index >= 15 is 0 Å². The predicted molar refractivity (Wildman–Crippen MR) is 354 cm³/mol. The molecule has 6 heterocycles. The van der Waals surface area contributed by atoms with Gasteiger partial charge in [0.15, 0.2) is 0 Å². The van der Waals surface area contributed by atoms with Crippen molar-refractivity contribution in [3.05, 3.63) is 297 Å². The molecule has 0 unspecified atom stereocenters. The largest absolute Gasteiger partial charge is 0.458 e. The number of aromatic nitrogens is 6. The fourth-order valence-electron chi connectivity index (χ4n) is 13.6. The summed E-state index contributed by atoms with van der Waals surface area (Å²) in [6, 6.07) is 95.6. The Balaban J connectivity index is 0.769. The average Bonchev–Trinajstić information content (AvgIpc) is 1.62. The molecule has 18 rings (SSSR count). The van der Waals surface area contributed by atoms with E-state index in [-0.39, 0.29) is 5.56 Å². The minimum Gasteiger partial charge on any atom is -0.458 e. The van der Waals surface area contributed by atoms with E-state index in [0.29, 0.717) is 22.9 Å². The van der Waals surface area contributed by atoms with Crippen LogP contribution in [0.4, 0.5) is 0 Å². The SMILES string of the molecule is [2H]C([2H])([2H])c1cc(-n2c3ccccc3c3ccc(Oc4cccc(-n5[c-][n+](-c6c(-c7ccccc7)ccc7oc8ccccc8c67)c6ccccc65)c4)cc32)ncc1-c1cc(-n2c3ccccc3c3ccccc32)cc(-n2c3ccccc3c3ccccc32)c1. The molecule has 408 valence electrons. The molecule has 0 saturated carbocycles. The van der Waals surface area contributed by atoms with Crippen LogP contribution in [0.15, 0.2) is 290 Å². The fourth-order valence-corrected chi connectivity index (χ4v) is 13.6. The van der Waals surface area contributed by atoms with Gasteiger partial charge in [-0.25, -0.2) is 4.98 Å². The second-order valence-corrected chi connectivity index (χ2v) is 22.3. The summed E-state index contributed by atoms with van der Waals surface area (Å²) in [5, 5.41) is 8.51. The summed E-state index contributed by atoms with van der Waals surface area (Å²) >= 11 is 0. The van der Waals surface area contributed by atoms with Crippen molar-refractivity contribution in [2.45, 2.75) is 6.85 Å². The van der Waals surface area contributed by atoms with Gasteiger partial charge < -0.3 is 18.3 Å². The minimum absolute atomic E-state index is 0.178. The lowest BCUT2D eigenvalue weighted by molar-refractivity contribution is -0.570. The van der Waals surface area contributed by atoms with Crippen molar-refractivity contribution in [2.75, 3.05) is 0 Å². The molecule has 0 radical (unpaired) electrons. The molecule has 0 aliphatic carbocycles. The number of hydrogen-bond donors (Lipinski definition) is 0. The number of benzene rings is 12. The zero-order valence-electron chi connectivity index (χ0n) is 49.6. The first-order chi connectivity index (χ1) is 44.3. The number of fused-ring (bicyclic) bond motifs is 13. The van der Waals surface area contributed by atoms with E-state index in [1.165, 1.54) is 0 Å². The van der Waals surface area contributed by atoms with E-state index < -0.39 is 6.85 Å². The summed E-state index contributed by atoms with van der Waals surface area (Å²) in [6.07, 6.45) is 5.54. The minimum atomic E-state index is -2.55. The van der Waals surface area contributed by atoms with Crippen LogP contribution in [0.3, 0.4) is 0 Å². The molecular weight excluding hydrogens is 1060 g/mol. The van der Waals surface area contributed by atoms with E-state index in [2.05, 4.69) is 241 Å². The molecule has 0 bridgehead atoms. The first kappa shape index (κ1) is 45.7. The molecule has 0 fully saturated rings. The van der Waals surface area contributed by atoms with Crippen LogP contribution in [0.2, 0.25) is 0 Å². The Morgan fingerprint density at radius 3 is 1.60 bits per heavy atom. The number of pyridine rings is 1. The highest BCUT2D eigenvalue weighted by Crippen LogP contribution is 2.42. The highest BCUT2D eigenvalue weighted by molar-refractivity contribution is 6.13. The summed E-state index contributed by atoms with van der Waals surface area (Å²) in [6.45, 7) is -2.55. The Hall–Kier alpha value is -11.7. The lowest BCUT2D eigenvalue weighted by atomic mass is 9.99. The number of rotatable bonds is 9. The van der Waals surface area contributed by atoms with Crippen LogP contribution in [-0.2, 0) is 0 Å². The summed E-state index contributed by atoms with van der Waals surface area (Å²) in [7, 11) is 0. The van der Waals surface area contributed by atoms with Gasteiger partial charge in [0.2, 0.25) is 0 Å². The summed E-state index contributed by atoms with van der Waals surface area (Å²) < 4.78 is 52.2. The van der Waals surface area contributed by atoms with E-state index in [0.717, 1.165) is 138 Å². The van der Waals surface area contributed by atoms with Gasteiger partial charge in [-0.05, 0) is 126 Å². The van der Waals surface area contributed by atoms with Gasteiger partial charge in [0.05, 0.1) is 55.5 Å². The van der Waals surface area contributed by atoms with Crippen molar-refractivity contribution in [3.63, 3.8) is 0 Å². The fraction of sp³-hybridized carbons (Fsp3) is 0.0127. The number of ether oxygens (including phenoxy) is 1. The van der Waals surface area contributed by atoms with Gasteiger partial charge in [-0.3, -0.25) is 13.7 Å². The maximum atomic E-state index is 9.31.